The van der Waals surface area contributed by atoms with Crippen molar-refractivity contribution in [2.45, 2.75) is 26.7 Å². The zero-order chi connectivity index (χ0) is 14.8. The van der Waals surface area contributed by atoms with Gasteiger partial charge in [0.15, 0.2) is 0 Å². The summed E-state index contributed by atoms with van der Waals surface area (Å²) < 4.78 is 10.1. The third-order valence-electron chi connectivity index (χ3n) is 2.26. The van der Waals surface area contributed by atoms with E-state index in [9.17, 15) is 4.79 Å². The van der Waals surface area contributed by atoms with Gasteiger partial charge in [-0.05, 0) is 20.3 Å². The molecule has 0 amide bonds. The molecule has 0 saturated heterocycles. The summed E-state index contributed by atoms with van der Waals surface area (Å²) in [5, 5.41) is 5.86. The number of esters is 1. The molecule has 0 aliphatic heterocycles. The molecule has 112 valence electrons. The van der Waals surface area contributed by atoms with Crippen molar-refractivity contribution in [2.24, 2.45) is 0 Å². The van der Waals surface area contributed by atoms with Crippen LogP contribution in [0.15, 0.2) is 0 Å². The first kappa shape index (κ1) is 15.9. The lowest BCUT2D eigenvalue weighted by molar-refractivity contribution is -0.143. The molecule has 2 N–H and O–H groups in total. The Morgan fingerprint density at radius 1 is 1.15 bits per heavy atom. The van der Waals surface area contributed by atoms with Crippen molar-refractivity contribution in [3.05, 3.63) is 0 Å². The first-order valence-corrected chi connectivity index (χ1v) is 6.65. The highest BCUT2D eigenvalue weighted by atomic mass is 16.5. The van der Waals surface area contributed by atoms with E-state index in [2.05, 4.69) is 25.6 Å². The highest BCUT2D eigenvalue weighted by Crippen LogP contribution is 2.10. The van der Waals surface area contributed by atoms with Crippen molar-refractivity contribution >= 4 is 17.9 Å². The van der Waals surface area contributed by atoms with Crippen LogP contribution in [0.4, 0.5) is 11.9 Å². The normalized spacial score (nSPS) is 9.95. The summed E-state index contributed by atoms with van der Waals surface area (Å²) in [7, 11) is 1.72. The summed E-state index contributed by atoms with van der Waals surface area (Å²) in [6, 6.07) is 0.264. The molecule has 0 aliphatic carbocycles. The zero-order valence-corrected chi connectivity index (χ0v) is 12.1. The zero-order valence-electron chi connectivity index (χ0n) is 12.1. The van der Waals surface area contributed by atoms with Gasteiger partial charge in [0.1, 0.15) is 0 Å². The molecule has 8 nitrogen and oxygen atoms in total. The Bertz CT molecular complexity index is 428. The Balaban J connectivity index is 2.46. The molecule has 0 bridgehead atoms. The molecule has 0 aliphatic rings. The summed E-state index contributed by atoms with van der Waals surface area (Å²) in [6.07, 6.45) is 1.01. The number of hydrogen-bond acceptors (Lipinski definition) is 8. The number of nitrogens with one attached hydrogen (secondary N) is 2. The van der Waals surface area contributed by atoms with Crippen molar-refractivity contribution < 1.29 is 14.3 Å². The molecule has 0 aromatic carbocycles. The van der Waals surface area contributed by atoms with Crippen LogP contribution >= 0.6 is 0 Å². The van der Waals surface area contributed by atoms with Crippen LogP contribution in [0.5, 0.6) is 6.01 Å². The van der Waals surface area contributed by atoms with E-state index in [0.29, 0.717) is 44.5 Å². The lowest BCUT2D eigenvalue weighted by atomic mass is 10.3. The second-order valence-electron chi connectivity index (χ2n) is 3.78. The van der Waals surface area contributed by atoms with Gasteiger partial charge in [-0.1, -0.05) is 0 Å². The summed E-state index contributed by atoms with van der Waals surface area (Å²) in [6.45, 7) is 5.10. The molecule has 0 atom stereocenters. The summed E-state index contributed by atoms with van der Waals surface area (Å²) in [4.78, 5) is 23.5. The van der Waals surface area contributed by atoms with E-state index >= 15 is 0 Å². The molecule has 0 radical (unpaired) electrons. The monoisotopic (exact) mass is 283 g/mol. The van der Waals surface area contributed by atoms with Gasteiger partial charge in [0, 0.05) is 20.0 Å². The number of nitrogens with zero attached hydrogens (tertiary/aromatic N) is 3. The van der Waals surface area contributed by atoms with Crippen molar-refractivity contribution in [2.75, 3.05) is 37.4 Å². The Morgan fingerprint density at radius 2 is 1.90 bits per heavy atom. The van der Waals surface area contributed by atoms with Crippen LogP contribution in [0.2, 0.25) is 0 Å². The van der Waals surface area contributed by atoms with Gasteiger partial charge in [0.25, 0.3) is 0 Å². The van der Waals surface area contributed by atoms with Crippen LogP contribution in [0.1, 0.15) is 26.7 Å². The molecular formula is C12H21N5O3. The lowest BCUT2D eigenvalue weighted by Crippen LogP contribution is -2.12. The third-order valence-corrected chi connectivity index (χ3v) is 2.26. The number of carbonyl (C=O) groups excluding carboxylic acids is 1. The van der Waals surface area contributed by atoms with Crippen LogP contribution in [-0.4, -0.2) is 47.7 Å². The van der Waals surface area contributed by atoms with E-state index in [1.165, 1.54) is 0 Å². The van der Waals surface area contributed by atoms with Gasteiger partial charge in [-0.3, -0.25) is 4.79 Å². The fraction of sp³-hybridized carbons (Fsp3) is 0.667. The number of aromatic nitrogens is 3. The van der Waals surface area contributed by atoms with Gasteiger partial charge in [-0.15, -0.1) is 0 Å². The molecule has 1 aromatic rings. The minimum absolute atomic E-state index is 0.198. The molecule has 8 heteroatoms. The van der Waals surface area contributed by atoms with E-state index in [1.54, 1.807) is 14.0 Å². The first-order chi connectivity index (χ1) is 9.69. The maximum atomic E-state index is 11.2. The largest absolute Gasteiger partial charge is 0.466 e. The fourth-order valence-corrected chi connectivity index (χ4v) is 1.41. The van der Waals surface area contributed by atoms with Crippen LogP contribution < -0.4 is 15.4 Å². The molecule has 0 fully saturated rings. The second kappa shape index (κ2) is 8.89. The van der Waals surface area contributed by atoms with E-state index in [4.69, 9.17) is 9.47 Å². The predicted molar refractivity (Wildman–Crippen MR) is 74.9 cm³/mol. The van der Waals surface area contributed by atoms with E-state index in [-0.39, 0.29) is 12.0 Å². The van der Waals surface area contributed by atoms with Crippen molar-refractivity contribution in [3.63, 3.8) is 0 Å². The van der Waals surface area contributed by atoms with E-state index in [1.807, 2.05) is 6.92 Å². The number of carbonyl (C=O) groups is 1. The van der Waals surface area contributed by atoms with Crippen LogP contribution in [0.25, 0.3) is 0 Å². The Labute approximate surface area is 118 Å². The summed E-state index contributed by atoms with van der Waals surface area (Å²) >= 11 is 0. The number of hydrogen-bond donors (Lipinski definition) is 2. The average molecular weight is 283 g/mol. The fourth-order valence-electron chi connectivity index (χ4n) is 1.41. The minimum Gasteiger partial charge on any atom is -0.466 e. The Morgan fingerprint density at radius 3 is 2.55 bits per heavy atom. The van der Waals surface area contributed by atoms with Crippen molar-refractivity contribution in [3.8, 4) is 6.01 Å². The second-order valence-corrected chi connectivity index (χ2v) is 3.78. The Hall–Kier alpha value is -2.12. The lowest BCUT2D eigenvalue weighted by Gasteiger charge is -2.08. The van der Waals surface area contributed by atoms with Gasteiger partial charge < -0.3 is 20.1 Å². The highest BCUT2D eigenvalue weighted by molar-refractivity contribution is 5.69. The third kappa shape index (κ3) is 5.68. The predicted octanol–water partition coefficient (Wildman–Crippen LogP) is 1.07. The summed E-state index contributed by atoms with van der Waals surface area (Å²) in [5.41, 5.74) is 0. The molecule has 1 rings (SSSR count). The molecule has 0 spiro atoms. The topological polar surface area (TPSA) is 98.3 Å². The molecule has 0 saturated carbocycles. The van der Waals surface area contributed by atoms with Crippen LogP contribution in [0.3, 0.4) is 0 Å². The van der Waals surface area contributed by atoms with Gasteiger partial charge in [0.2, 0.25) is 11.9 Å². The van der Waals surface area contributed by atoms with E-state index < -0.39 is 0 Å². The molecule has 1 heterocycles. The molecular weight excluding hydrogens is 262 g/mol. The highest BCUT2D eigenvalue weighted by Gasteiger charge is 2.06. The van der Waals surface area contributed by atoms with Crippen LogP contribution in [0, 0.1) is 0 Å². The maximum absolute atomic E-state index is 11.2. The number of rotatable bonds is 9. The molecule has 1 aromatic heterocycles. The smallest absolute Gasteiger partial charge is 0.323 e. The van der Waals surface area contributed by atoms with Crippen molar-refractivity contribution in [1.82, 2.24) is 15.0 Å². The van der Waals surface area contributed by atoms with Gasteiger partial charge in [0.05, 0.1) is 13.2 Å². The van der Waals surface area contributed by atoms with Gasteiger partial charge >= 0.3 is 12.0 Å². The molecule has 20 heavy (non-hydrogen) atoms. The quantitative estimate of drug-likeness (QED) is 0.513. The van der Waals surface area contributed by atoms with E-state index in [0.717, 1.165) is 0 Å². The number of ether oxygens (including phenoxy) is 2. The van der Waals surface area contributed by atoms with Gasteiger partial charge in [-0.2, -0.15) is 15.0 Å². The first-order valence-electron chi connectivity index (χ1n) is 6.65. The molecule has 0 unspecified atom stereocenters. The standard InChI is InChI=1S/C12H21N5O3/c1-4-19-9(18)7-6-8-14-11-15-10(13-3)16-12(17-11)20-5-2/h4-8H2,1-3H3,(H2,13,14,15,16,17). The number of anilines is 2. The SMILES string of the molecule is CCOC(=O)CCCNc1nc(NC)nc(OCC)n1. The maximum Gasteiger partial charge on any atom is 0.323 e. The minimum atomic E-state index is -0.198. The van der Waals surface area contributed by atoms with Gasteiger partial charge in [-0.25, -0.2) is 0 Å². The average Bonchev–Trinajstić information content (AvgIpc) is 2.44. The Kier molecular flexibility index (Phi) is 7.08. The van der Waals surface area contributed by atoms with Crippen LogP contribution in [-0.2, 0) is 9.53 Å². The summed E-state index contributed by atoms with van der Waals surface area (Å²) in [5.74, 6) is 0.642. The van der Waals surface area contributed by atoms with Crippen molar-refractivity contribution in [1.29, 1.82) is 0 Å².